The van der Waals surface area contributed by atoms with E-state index in [1.54, 1.807) is 30.3 Å². The van der Waals surface area contributed by atoms with Gasteiger partial charge in [-0.05, 0) is 12.5 Å². The topological polar surface area (TPSA) is 95.2 Å². The Bertz CT molecular complexity index is 687. The molecular weight excluding hydrogens is 278 g/mol. The summed E-state index contributed by atoms with van der Waals surface area (Å²) in [6.45, 7) is 3.34. The van der Waals surface area contributed by atoms with Gasteiger partial charge in [-0.1, -0.05) is 36.8 Å². The number of hydrogen-bond donors (Lipinski definition) is 1. The van der Waals surface area contributed by atoms with E-state index >= 15 is 0 Å². The van der Waals surface area contributed by atoms with Gasteiger partial charge in [0.15, 0.2) is 15.3 Å². The molecule has 1 aromatic carbocycles. The average Bonchev–Trinajstić information content (AvgIpc) is 3.11. The van der Waals surface area contributed by atoms with Crippen molar-refractivity contribution in [2.75, 3.05) is 5.75 Å². The van der Waals surface area contributed by atoms with Gasteiger partial charge in [-0.3, -0.25) is 4.79 Å². The van der Waals surface area contributed by atoms with E-state index in [4.69, 9.17) is 0 Å². The van der Waals surface area contributed by atoms with Crippen molar-refractivity contribution in [1.29, 1.82) is 5.26 Å². The highest BCUT2D eigenvalue weighted by molar-refractivity contribution is 7.92. The number of carbonyl (C=O) groups is 1. The van der Waals surface area contributed by atoms with Gasteiger partial charge in [0.05, 0.1) is 6.07 Å². The Balaban J connectivity index is 2.54. The summed E-state index contributed by atoms with van der Waals surface area (Å²) in [6, 6.07) is 8.69. The van der Waals surface area contributed by atoms with Gasteiger partial charge in [0.25, 0.3) is 0 Å². The molecule has 3 atom stereocenters. The molecule has 0 radical (unpaired) electrons. The molecule has 1 fully saturated rings. The van der Waals surface area contributed by atoms with Crippen molar-refractivity contribution in [1.82, 2.24) is 0 Å². The van der Waals surface area contributed by atoms with Gasteiger partial charge in [-0.2, -0.15) is 5.26 Å². The number of benzene rings is 1. The van der Waals surface area contributed by atoms with Gasteiger partial charge in [0, 0.05) is 11.7 Å². The average molecular weight is 293 g/mol. The summed E-state index contributed by atoms with van der Waals surface area (Å²) in [5.41, 5.74) is -0.284. The van der Waals surface area contributed by atoms with Crippen LogP contribution in [0.1, 0.15) is 24.0 Å². The molecule has 0 saturated heterocycles. The maximum atomic E-state index is 12.1. The Morgan fingerprint density at radius 1 is 1.40 bits per heavy atom. The van der Waals surface area contributed by atoms with Crippen LogP contribution in [0.4, 0.5) is 0 Å². The Hall–Kier alpha value is -1.87. The molecule has 0 heterocycles. The van der Waals surface area contributed by atoms with Gasteiger partial charge >= 0.3 is 5.97 Å². The van der Waals surface area contributed by atoms with E-state index in [2.05, 4.69) is 0 Å². The number of carboxylic acids is 1. The number of rotatable bonds is 4. The SMILES string of the molecule is CCS(=O)(=O)[C@H]1[C@@H](c2ccc(C)cc2)[C@@]1(C#N)C(=O)O. The molecule has 0 aliphatic heterocycles. The number of aliphatic carboxylic acids is 1. The number of nitriles is 1. The predicted molar refractivity (Wildman–Crippen MR) is 72.9 cm³/mol. The minimum absolute atomic E-state index is 0.170. The van der Waals surface area contributed by atoms with Crippen LogP contribution in [0.2, 0.25) is 0 Å². The van der Waals surface area contributed by atoms with Crippen LogP contribution in [0.5, 0.6) is 0 Å². The minimum atomic E-state index is -3.60. The quantitative estimate of drug-likeness (QED) is 0.907. The Labute approximate surface area is 117 Å². The molecule has 0 bridgehead atoms. The summed E-state index contributed by atoms with van der Waals surface area (Å²) in [5.74, 6) is -2.33. The number of nitrogens with zero attached hydrogens (tertiary/aromatic N) is 1. The number of carboxylic acid groups (broad SMARTS) is 1. The molecule has 1 saturated carbocycles. The number of aryl methyl sites for hydroxylation is 1. The summed E-state index contributed by atoms with van der Waals surface area (Å²) >= 11 is 0. The molecule has 20 heavy (non-hydrogen) atoms. The third-order valence-corrected chi connectivity index (χ3v) is 6.12. The lowest BCUT2D eigenvalue weighted by molar-refractivity contribution is -0.141. The Morgan fingerprint density at radius 3 is 2.35 bits per heavy atom. The van der Waals surface area contributed by atoms with Crippen LogP contribution in [-0.4, -0.2) is 30.5 Å². The molecule has 1 aliphatic rings. The molecule has 0 aromatic heterocycles. The highest BCUT2D eigenvalue weighted by atomic mass is 32.2. The molecule has 1 N–H and O–H groups in total. The highest BCUT2D eigenvalue weighted by Crippen LogP contribution is 2.63. The van der Waals surface area contributed by atoms with Crippen molar-refractivity contribution in [2.24, 2.45) is 5.41 Å². The standard InChI is InChI=1S/C14H15NO4S/c1-3-20(18,19)12-11(14(12,8-15)13(16)17)10-6-4-9(2)5-7-10/h4-7,11-12H,3H2,1-2H3,(H,16,17)/t11-,12+,14-/m1/s1. The zero-order valence-electron chi connectivity index (χ0n) is 11.2. The molecule has 106 valence electrons. The monoisotopic (exact) mass is 293 g/mol. The van der Waals surface area contributed by atoms with Gasteiger partial charge < -0.3 is 5.11 Å². The summed E-state index contributed by atoms with van der Waals surface area (Å²) in [6.07, 6.45) is 0. The van der Waals surface area contributed by atoms with E-state index < -0.39 is 32.4 Å². The van der Waals surface area contributed by atoms with E-state index in [1.807, 2.05) is 6.92 Å². The predicted octanol–water partition coefficient (Wildman–Crippen LogP) is 1.49. The van der Waals surface area contributed by atoms with E-state index in [-0.39, 0.29) is 5.75 Å². The molecule has 1 aromatic rings. The first kappa shape index (κ1) is 14.5. The molecular formula is C14H15NO4S. The molecule has 6 heteroatoms. The third-order valence-electron chi connectivity index (χ3n) is 3.90. The second-order valence-corrected chi connectivity index (χ2v) is 7.46. The second-order valence-electron chi connectivity index (χ2n) is 5.05. The van der Waals surface area contributed by atoms with Crippen LogP contribution >= 0.6 is 0 Å². The number of hydrogen-bond acceptors (Lipinski definition) is 4. The maximum Gasteiger partial charge on any atom is 0.326 e. The fraction of sp³-hybridized carbons (Fsp3) is 0.429. The van der Waals surface area contributed by atoms with Crippen LogP contribution in [0.3, 0.4) is 0 Å². The fourth-order valence-corrected chi connectivity index (χ4v) is 4.61. The summed E-state index contributed by atoms with van der Waals surface area (Å²) < 4.78 is 24.2. The van der Waals surface area contributed by atoms with E-state index in [0.717, 1.165) is 5.56 Å². The fourth-order valence-electron chi connectivity index (χ4n) is 2.67. The summed E-state index contributed by atoms with van der Waals surface area (Å²) in [5, 5.41) is 17.4. The Morgan fingerprint density at radius 2 is 1.95 bits per heavy atom. The van der Waals surface area contributed by atoms with Crippen molar-refractivity contribution in [2.45, 2.75) is 25.0 Å². The first-order valence-corrected chi connectivity index (χ1v) is 7.95. The van der Waals surface area contributed by atoms with Crippen molar-refractivity contribution in [3.05, 3.63) is 35.4 Å². The number of sulfone groups is 1. The zero-order valence-corrected chi connectivity index (χ0v) is 12.0. The van der Waals surface area contributed by atoms with Crippen LogP contribution in [0.15, 0.2) is 24.3 Å². The smallest absolute Gasteiger partial charge is 0.326 e. The van der Waals surface area contributed by atoms with Crippen molar-refractivity contribution >= 4 is 15.8 Å². The normalized spacial score (nSPS) is 28.6. The van der Waals surface area contributed by atoms with Gasteiger partial charge in [-0.25, -0.2) is 8.42 Å². The van der Waals surface area contributed by atoms with Gasteiger partial charge in [0.2, 0.25) is 0 Å². The lowest BCUT2D eigenvalue weighted by Gasteiger charge is -2.02. The molecule has 5 nitrogen and oxygen atoms in total. The van der Waals surface area contributed by atoms with E-state index in [0.29, 0.717) is 5.56 Å². The summed E-state index contributed by atoms with van der Waals surface area (Å²) in [4.78, 5) is 11.5. The van der Waals surface area contributed by atoms with Gasteiger partial charge in [0.1, 0.15) is 5.25 Å². The lowest BCUT2D eigenvalue weighted by atomic mass is 10.00. The first-order chi connectivity index (χ1) is 9.31. The lowest BCUT2D eigenvalue weighted by Crippen LogP contribution is -2.23. The van der Waals surface area contributed by atoms with Gasteiger partial charge in [-0.15, -0.1) is 0 Å². The minimum Gasteiger partial charge on any atom is -0.480 e. The largest absolute Gasteiger partial charge is 0.480 e. The van der Waals surface area contributed by atoms with Crippen LogP contribution in [0, 0.1) is 23.7 Å². The van der Waals surface area contributed by atoms with Crippen molar-refractivity contribution in [3.63, 3.8) is 0 Å². The van der Waals surface area contributed by atoms with Crippen LogP contribution < -0.4 is 0 Å². The maximum absolute atomic E-state index is 12.1. The van der Waals surface area contributed by atoms with Crippen LogP contribution in [-0.2, 0) is 14.6 Å². The molecule has 1 aliphatic carbocycles. The third kappa shape index (κ3) is 1.90. The van der Waals surface area contributed by atoms with Crippen molar-refractivity contribution in [3.8, 4) is 6.07 Å². The second kappa shape index (κ2) is 4.60. The van der Waals surface area contributed by atoms with E-state index in [1.165, 1.54) is 6.92 Å². The van der Waals surface area contributed by atoms with E-state index in [9.17, 15) is 23.6 Å². The van der Waals surface area contributed by atoms with Crippen LogP contribution in [0.25, 0.3) is 0 Å². The summed E-state index contributed by atoms with van der Waals surface area (Å²) in [7, 11) is -3.60. The highest BCUT2D eigenvalue weighted by Gasteiger charge is 2.76. The molecule has 0 unspecified atom stereocenters. The molecule has 0 amide bonds. The molecule has 2 rings (SSSR count). The van der Waals surface area contributed by atoms with Crippen molar-refractivity contribution < 1.29 is 18.3 Å². The molecule has 0 spiro atoms. The zero-order chi connectivity index (χ0) is 15.1. The first-order valence-electron chi connectivity index (χ1n) is 6.24. The Kier molecular flexibility index (Phi) is 3.34.